The smallest absolute Gasteiger partial charge is 0.269 e. The Balaban J connectivity index is 2.03. The van der Waals surface area contributed by atoms with Gasteiger partial charge in [-0.15, -0.1) is 0 Å². The Morgan fingerprint density at radius 3 is 2.46 bits per heavy atom. The fourth-order valence-electron chi connectivity index (χ4n) is 2.31. The van der Waals surface area contributed by atoms with Crippen LogP contribution in [0, 0.1) is 10.1 Å². The highest BCUT2D eigenvalue weighted by Gasteiger charge is 2.18. The zero-order valence-corrected chi connectivity index (χ0v) is 14.5. The minimum atomic E-state index is -0.534. The second-order valence-electron chi connectivity index (χ2n) is 5.40. The van der Waals surface area contributed by atoms with E-state index in [0.717, 1.165) is 0 Å². The Kier molecular flexibility index (Phi) is 6.26. The molecule has 0 aromatic heterocycles. The van der Waals surface area contributed by atoms with Crippen LogP contribution in [-0.2, 0) is 4.79 Å². The van der Waals surface area contributed by atoms with E-state index >= 15 is 0 Å². The zero-order chi connectivity index (χ0) is 19.1. The molecule has 1 N–H and O–H groups in total. The molecule has 0 bridgehead atoms. The molecule has 136 valence electrons. The number of nitrogens with one attached hydrogen (secondary N) is 1. The van der Waals surface area contributed by atoms with Crippen LogP contribution in [0.25, 0.3) is 0 Å². The molecule has 0 radical (unpaired) electrons. The molecule has 0 spiro atoms. The molecule has 2 aromatic carbocycles. The summed E-state index contributed by atoms with van der Waals surface area (Å²) in [5.41, 5.74) is 0.750. The van der Waals surface area contributed by atoms with E-state index in [0.29, 0.717) is 18.0 Å². The van der Waals surface area contributed by atoms with E-state index in [2.05, 4.69) is 5.32 Å². The van der Waals surface area contributed by atoms with Crippen LogP contribution in [0.5, 0.6) is 5.75 Å². The molecule has 0 saturated carbocycles. The van der Waals surface area contributed by atoms with Gasteiger partial charge in [0, 0.05) is 36.0 Å². The van der Waals surface area contributed by atoms with Crippen molar-refractivity contribution in [1.29, 1.82) is 0 Å². The molecule has 0 unspecified atom stereocenters. The minimum absolute atomic E-state index is 0.0969. The number of carbonyl (C=O) groups is 2. The number of nitro benzene ring substituents is 1. The number of amides is 2. The van der Waals surface area contributed by atoms with Crippen molar-refractivity contribution < 1.29 is 19.2 Å². The summed E-state index contributed by atoms with van der Waals surface area (Å²) in [6.45, 7) is 1.94. The number of carbonyl (C=O) groups excluding carboxylic acids is 2. The van der Waals surface area contributed by atoms with Gasteiger partial charge in [0.2, 0.25) is 5.91 Å². The summed E-state index contributed by atoms with van der Waals surface area (Å²) < 4.78 is 5.10. The highest BCUT2D eigenvalue weighted by Crippen LogP contribution is 2.17. The van der Waals surface area contributed by atoms with Crippen LogP contribution in [-0.4, -0.2) is 41.8 Å². The van der Waals surface area contributed by atoms with Gasteiger partial charge in [-0.3, -0.25) is 19.7 Å². The molecule has 0 heterocycles. The predicted molar refractivity (Wildman–Crippen MR) is 96.3 cm³/mol. The number of nitrogens with zero attached hydrogens (tertiary/aromatic N) is 2. The van der Waals surface area contributed by atoms with Crippen LogP contribution in [0.2, 0.25) is 0 Å². The van der Waals surface area contributed by atoms with Gasteiger partial charge in [0.25, 0.3) is 11.6 Å². The van der Waals surface area contributed by atoms with E-state index in [4.69, 9.17) is 4.74 Å². The van der Waals surface area contributed by atoms with Crippen molar-refractivity contribution in [1.82, 2.24) is 4.90 Å². The molecule has 0 aliphatic carbocycles. The number of nitro groups is 1. The van der Waals surface area contributed by atoms with Crippen LogP contribution >= 0.6 is 0 Å². The van der Waals surface area contributed by atoms with E-state index in [9.17, 15) is 19.7 Å². The normalized spacial score (nSPS) is 10.1. The van der Waals surface area contributed by atoms with Gasteiger partial charge in [0.1, 0.15) is 12.3 Å². The Labute approximate surface area is 150 Å². The van der Waals surface area contributed by atoms with E-state index in [1.807, 2.05) is 0 Å². The SMILES string of the molecule is CCN(CC(=O)Nc1cccc(OC)c1)C(=O)c1ccc([N+](=O)[O-])cc1. The van der Waals surface area contributed by atoms with Gasteiger partial charge in [-0.2, -0.15) is 0 Å². The third-order valence-corrected chi connectivity index (χ3v) is 3.68. The number of rotatable bonds is 7. The van der Waals surface area contributed by atoms with Crippen molar-refractivity contribution in [2.75, 3.05) is 25.5 Å². The topological polar surface area (TPSA) is 102 Å². The maximum Gasteiger partial charge on any atom is 0.269 e. The molecule has 2 amide bonds. The first-order valence-corrected chi connectivity index (χ1v) is 7.92. The third-order valence-electron chi connectivity index (χ3n) is 3.68. The molecular weight excluding hydrogens is 338 g/mol. The second kappa shape index (κ2) is 8.61. The van der Waals surface area contributed by atoms with E-state index < -0.39 is 4.92 Å². The molecular formula is C18H19N3O5. The molecule has 0 fully saturated rings. The average molecular weight is 357 g/mol. The number of non-ortho nitro benzene ring substituents is 1. The van der Waals surface area contributed by atoms with Gasteiger partial charge < -0.3 is 15.0 Å². The first-order chi connectivity index (χ1) is 12.4. The summed E-state index contributed by atoms with van der Waals surface area (Å²) >= 11 is 0. The molecule has 8 heteroatoms. The minimum Gasteiger partial charge on any atom is -0.497 e. The quantitative estimate of drug-likeness (QED) is 0.606. The summed E-state index contributed by atoms with van der Waals surface area (Å²) in [5, 5.41) is 13.4. The van der Waals surface area contributed by atoms with Crippen molar-refractivity contribution >= 4 is 23.2 Å². The van der Waals surface area contributed by atoms with Gasteiger partial charge in [-0.1, -0.05) is 6.07 Å². The van der Waals surface area contributed by atoms with Gasteiger partial charge in [0.05, 0.1) is 12.0 Å². The van der Waals surface area contributed by atoms with Crippen molar-refractivity contribution in [2.45, 2.75) is 6.92 Å². The summed E-state index contributed by atoms with van der Waals surface area (Å²) in [5.74, 6) is -0.115. The van der Waals surface area contributed by atoms with Crippen molar-refractivity contribution in [3.05, 3.63) is 64.2 Å². The number of hydrogen-bond acceptors (Lipinski definition) is 5. The molecule has 0 atom stereocenters. The molecule has 0 saturated heterocycles. The predicted octanol–water partition coefficient (Wildman–Crippen LogP) is 2.70. The van der Waals surface area contributed by atoms with Crippen LogP contribution < -0.4 is 10.1 Å². The lowest BCUT2D eigenvalue weighted by molar-refractivity contribution is -0.384. The number of methoxy groups -OCH3 is 1. The van der Waals surface area contributed by atoms with Gasteiger partial charge in [0.15, 0.2) is 0 Å². The molecule has 2 rings (SSSR count). The molecule has 0 aliphatic rings. The van der Waals surface area contributed by atoms with E-state index in [1.54, 1.807) is 31.2 Å². The Morgan fingerprint density at radius 1 is 1.19 bits per heavy atom. The summed E-state index contributed by atoms with van der Waals surface area (Å²) in [4.78, 5) is 36.2. The average Bonchev–Trinajstić information content (AvgIpc) is 2.65. The molecule has 26 heavy (non-hydrogen) atoms. The fraction of sp³-hybridized carbons (Fsp3) is 0.222. The molecule has 0 aliphatic heterocycles. The zero-order valence-electron chi connectivity index (χ0n) is 14.5. The second-order valence-corrected chi connectivity index (χ2v) is 5.40. The Morgan fingerprint density at radius 2 is 1.88 bits per heavy atom. The lowest BCUT2D eigenvalue weighted by Crippen LogP contribution is -2.37. The van der Waals surface area contributed by atoms with Crippen LogP contribution in [0.15, 0.2) is 48.5 Å². The summed E-state index contributed by atoms with van der Waals surface area (Å²) in [6, 6.07) is 12.2. The van der Waals surface area contributed by atoms with Gasteiger partial charge in [-0.05, 0) is 31.2 Å². The van der Waals surface area contributed by atoms with Gasteiger partial charge >= 0.3 is 0 Å². The van der Waals surface area contributed by atoms with E-state index in [-0.39, 0.29) is 29.6 Å². The maximum atomic E-state index is 12.5. The highest BCUT2D eigenvalue weighted by molar-refractivity contribution is 5.99. The summed E-state index contributed by atoms with van der Waals surface area (Å²) in [6.07, 6.45) is 0. The molecule has 2 aromatic rings. The number of anilines is 1. The fourth-order valence-corrected chi connectivity index (χ4v) is 2.31. The van der Waals surface area contributed by atoms with Crippen molar-refractivity contribution in [2.24, 2.45) is 0 Å². The van der Waals surface area contributed by atoms with Crippen LogP contribution in [0.3, 0.4) is 0 Å². The van der Waals surface area contributed by atoms with E-state index in [1.165, 1.54) is 36.3 Å². The number of hydrogen-bond donors (Lipinski definition) is 1. The Hall–Kier alpha value is -3.42. The number of ether oxygens (including phenoxy) is 1. The first kappa shape index (κ1) is 18.9. The Bertz CT molecular complexity index is 805. The van der Waals surface area contributed by atoms with Crippen LogP contribution in [0.1, 0.15) is 17.3 Å². The van der Waals surface area contributed by atoms with Crippen LogP contribution in [0.4, 0.5) is 11.4 Å². The molecule has 8 nitrogen and oxygen atoms in total. The van der Waals surface area contributed by atoms with Crippen molar-refractivity contribution in [3.8, 4) is 5.75 Å². The lowest BCUT2D eigenvalue weighted by Gasteiger charge is -2.20. The monoisotopic (exact) mass is 357 g/mol. The maximum absolute atomic E-state index is 12.5. The van der Waals surface area contributed by atoms with Crippen molar-refractivity contribution in [3.63, 3.8) is 0 Å². The third kappa shape index (κ3) is 4.79. The standard InChI is InChI=1S/C18H19N3O5/c1-3-20(18(23)13-7-9-15(10-8-13)21(24)25)12-17(22)19-14-5-4-6-16(11-14)26-2/h4-11H,3,12H2,1-2H3,(H,19,22). The lowest BCUT2D eigenvalue weighted by atomic mass is 10.2. The summed E-state index contributed by atoms with van der Waals surface area (Å²) in [7, 11) is 1.53. The highest BCUT2D eigenvalue weighted by atomic mass is 16.6. The first-order valence-electron chi connectivity index (χ1n) is 7.92. The number of benzene rings is 2. The number of likely N-dealkylation sites (N-methyl/N-ethyl adjacent to an activating group) is 1. The largest absolute Gasteiger partial charge is 0.497 e. The van der Waals surface area contributed by atoms with Gasteiger partial charge in [-0.25, -0.2) is 0 Å².